The highest BCUT2D eigenvalue weighted by molar-refractivity contribution is 5.94. The van der Waals surface area contributed by atoms with Crippen LogP contribution in [0.3, 0.4) is 0 Å². The molecule has 0 saturated carbocycles. The summed E-state index contributed by atoms with van der Waals surface area (Å²) in [5, 5.41) is 10.4. The quantitative estimate of drug-likeness (QED) is 0.532. The zero-order chi connectivity index (χ0) is 8.85. The van der Waals surface area contributed by atoms with Crippen molar-refractivity contribution in [3.8, 4) is 0 Å². The van der Waals surface area contributed by atoms with Crippen molar-refractivity contribution < 1.29 is 0 Å². The predicted octanol–water partition coefficient (Wildman–Crippen LogP) is 1.07. The third-order valence-electron chi connectivity index (χ3n) is 1.31. The molecule has 0 aliphatic carbocycles. The van der Waals surface area contributed by atoms with Gasteiger partial charge >= 0.3 is 0 Å². The van der Waals surface area contributed by atoms with Gasteiger partial charge < -0.3 is 16.5 Å². The van der Waals surface area contributed by atoms with E-state index in [0.29, 0.717) is 11.5 Å². The van der Waals surface area contributed by atoms with Gasteiger partial charge in [0.25, 0.3) is 0 Å². The van der Waals surface area contributed by atoms with Crippen LogP contribution in [0.5, 0.6) is 0 Å². The molecule has 64 valence electrons. The summed E-state index contributed by atoms with van der Waals surface area (Å²) in [6.45, 7) is 6.71. The summed E-state index contributed by atoms with van der Waals surface area (Å²) in [5.41, 5.74) is 6.09. The van der Waals surface area contributed by atoms with Gasteiger partial charge in [-0.25, -0.2) is 0 Å². The molecular formula is C8H17N3. The van der Waals surface area contributed by atoms with Gasteiger partial charge in [0.05, 0.1) is 5.82 Å². The van der Waals surface area contributed by atoms with E-state index in [1.165, 1.54) is 0 Å². The summed E-state index contributed by atoms with van der Waals surface area (Å²) >= 11 is 0. The van der Waals surface area contributed by atoms with Gasteiger partial charge in [0.2, 0.25) is 0 Å². The highest BCUT2D eigenvalue weighted by Gasteiger charge is 1.98. The molecule has 0 fully saturated rings. The van der Waals surface area contributed by atoms with E-state index in [-0.39, 0.29) is 5.92 Å². The van der Waals surface area contributed by atoms with Gasteiger partial charge in [0, 0.05) is 12.3 Å². The molecule has 0 amide bonds. The first-order valence-corrected chi connectivity index (χ1v) is 3.87. The summed E-state index contributed by atoms with van der Waals surface area (Å²) in [6.07, 6.45) is 1.66. The molecule has 0 aromatic rings. The Labute approximate surface area is 68.2 Å². The van der Waals surface area contributed by atoms with E-state index in [0.717, 1.165) is 6.54 Å². The number of nitrogens with one attached hydrogen (secondary N) is 2. The first kappa shape index (κ1) is 10.0. The second-order valence-corrected chi connectivity index (χ2v) is 2.74. The van der Waals surface area contributed by atoms with E-state index in [4.69, 9.17) is 11.1 Å². The molecule has 0 aliphatic rings. The Morgan fingerprint density at radius 3 is 2.55 bits per heavy atom. The standard InChI is InChI=1S/C8H17N3/c1-4-11-8(10)5-7(9)6(2)3/h5-6,9,11H,4,10H2,1-3H3/b8-5-,9-7?. The summed E-state index contributed by atoms with van der Waals surface area (Å²) in [7, 11) is 0. The third kappa shape index (κ3) is 4.42. The second kappa shape index (κ2) is 4.77. The van der Waals surface area contributed by atoms with Crippen molar-refractivity contribution in [2.24, 2.45) is 11.7 Å². The number of rotatable bonds is 4. The molecule has 0 heterocycles. The molecule has 0 radical (unpaired) electrons. The molecule has 0 unspecified atom stereocenters. The zero-order valence-electron chi connectivity index (χ0n) is 7.44. The van der Waals surface area contributed by atoms with Crippen LogP contribution in [0.25, 0.3) is 0 Å². The van der Waals surface area contributed by atoms with Gasteiger partial charge in [-0.1, -0.05) is 13.8 Å². The first-order chi connectivity index (χ1) is 5.07. The number of hydrogen-bond acceptors (Lipinski definition) is 3. The van der Waals surface area contributed by atoms with Crippen LogP contribution in [0.1, 0.15) is 20.8 Å². The van der Waals surface area contributed by atoms with Gasteiger partial charge in [-0.05, 0) is 18.9 Å². The maximum absolute atomic E-state index is 7.46. The fourth-order valence-corrected chi connectivity index (χ4v) is 0.589. The molecule has 0 atom stereocenters. The average molecular weight is 155 g/mol. The Morgan fingerprint density at radius 1 is 1.64 bits per heavy atom. The molecule has 3 heteroatoms. The van der Waals surface area contributed by atoms with Gasteiger partial charge in [0.15, 0.2) is 0 Å². The van der Waals surface area contributed by atoms with Crippen LogP contribution in [-0.4, -0.2) is 12.3 Å². The smallest absolute Gasteiger partial charge is 0.0978 e. The van der Waals surface area contributed by atoms with Gasteiger partial charge in [0.1, 0.15) is 0 Å². The van der Waals surface area contributed by atoms with Crippen molar-refractivity contribution >= 4 is 5.71 Å². The summed E-state index contributed by atoms with van der Waals surface area (Å²) in [5.74, 6) is 0.818. The van der Waals surface area contributed by atoms with Crippen LogP contribution in [0.15, 0.2) is 11.9 Å². The Bertz CT molecular complexity index is 159. The van der Waals surface area contributed by atoms with Gasteiger partial charge in [-0.3, -0.25) is 0 Å². The van der Waals surface area contributed by atoms with Crippen molar-refractivity contribution in [3.05, 3.63) is 11.9 Å². The van der Waals surface area contributed by atoms with Crippen LogP contribution in [0.2, 0.25) is 0 Å². The highest BCUT2D eigenvalue weighted by atomic mass is 15.0. The molecule has 3 nitrogen and oxygen atoms in total. The minimum absolute atomic E-state index is 0.243. The second-order valence-electron chi connectivity index (χ2n) is 2.74. The Kier molecular flexibility index (Phi) is 4.34. The van der Waals surface area contributed by atoms with E-state index in [2.05, 4.69) is 5.32 Å². The summed E-state index contributed by atoms with van der Waals surface area (Å²) in [6, 6.07) is 0. The van der Waals surface area contributed by atoms with Gasteiger partial charge in [-0.15, -0.1) is 0 Å². The summed E-state index contributed by atoms with van der Waals surface area (Å²) < 4.78 is 0. The Balaban J connectivity index is 3.97. The predicted molar refractivity (Wildman–Crippen MR) is 48.5 cm³/mol. The van der Waals surface area contributed by atoms with Crippen molar-refractivity contribution in [3.63, 3.8) is 0 Å². The third-order valence-corrected chi connectivity index (χ3v) is 1.31. The van der Waals surface area contributed by atoms with Crippen LogP contribution >= 0.6 is 0 Å². The first-order valence-electron chi connectivity index (χ1n) is 3.87. The molecule has 0 aromatic carbocycles. The zero-order valence-corrected chi connectivity index (χ0v) is 7.44. The van der Waals surface area contributed by atoms with Gasteiger partial charge in [-0.2, -0.15) is 0 Å². The molecule has 0 rings (SSSR count). The van der Waals surface area contributed by atoms with Crippen molar-refractivity contribution in [1.82, 2.24) is 5.32 Å². The van der Waals surface area contributed by atoms with Crippen LogP contribution in [0, 0.1) is 11.3 Å². The lowest BCUT2D eigenvalue weighted by Crippen LogP contribution is -2.21. The van der Waals surface area contributed by atoms with Crippen LogP contribution in [0.4, 0.5) is 0 Å². The average Bonchev–Trinajstić information content (AvgIpc) is 1.87. The van der Waals surface area contributed by atoms with Crippen molar-refractivity contribution in [2.45, 2.75) is 20.8 Å². The number of allylic oxidation sites excluding steroid dienone is 1. The minimum Gasteiger partial charge on any atom is -0.385 e. The molecule has 11 heavy (non-hydrogen) atoms. The largest absolute Gasteiger partial charge is 0.385 e. The monoisotopic (exact) mass is 155 g/mol. The molecule has 0 aliphatic heterocycles. The van der Waals surface area contributed by atoms with Crippen LogP contribution in [-0.2, 0) is 0 Å². The lowest BCUT2D eigenvalue weighted by atomic mass is 10.1. The number of nitrogens with two attached hydrogens (primary N) is 1. The highest BCUT2D eigenvalue weighted by Crippen LogP contribution is 1.96. The van der Waals surface area contributed by atoms with Crippen molar-refractivity contribution in [1.29, 1.82) is 5.41 Å². The van der Waals surface area contributed by atoms with E-state index in [1.807, 2.05) is 20.8 Å². The van der Waals surface area contributed by atoms with E-state index in [9.17, 15) is 0 Å². The Morgan fingerprint density at radius 2 is 2.18 bits per heavy atom. The molecule has 0 spiro atoms. The van der Waals surface area contributed by atoms with E-state index >= 15 is 0 Å². The molecule has 0 saturated heterocycles. The van der Waals surface area contributed by atoms with Crippen molar-refractivity contribution in [2.75, 3.05) is 6.54 Å². The minimum atomic E-state index is 0.243. The van der Waals surface area contributed by atoms with Crippen LogP contribution < -0.4 is 11.1 Å². The molecule has 4 N–H and O–H groups in total. The fraction of sp³-hybridized carbons (Fsp3) is 0.625. The maximum atomic E-state index is 7.46. The van der Waals surface area contributed by atoms with E-state index in [1.54, 1.807) is 6.08 Å². The normalized spacial score (nSPS) is 11.8. The SMILES string of the molecule is CCN/C(N)=C\C(=N)C(C)C. The molecule has 0 aromatic heterocycles. The topological polar surface area (TPSA) is 61.9 Å². The maximum Gasteiger partial charge on any atom is 0.0978 e. The molecule has 0 bridgehead atoms. The number of hydrogen-bond donors (Lipinski definition) is 3. The molecular weight excluding hydrogens is 138 g/mol. The lowest BCUT2D eigenvalue weighted by molar-refractivity contribution is 0.833. The fourth-order valence-electron chi connectivity index (χ4n) is 0.589. The van der Waals surface area contributed by atoms with E-state index < -0.39 is 0 Å². The Hall–Kier alpha value is -0.990. The summed E-state index contributed by atoms with van der Waals surface area (Å²) in [4.78, 5) is 0. The lowest BCUT2D eigenvalue weighted by Gasteiger charge is -2.05.